The van der Waals surface area contributed by atoms with E-state index in [9.17, 15) is 13.2 Å². The van der Waals surface area contributed by atoms with Gasteiger partial charge < -0.3 is 9.64 Å². The van der Waals surface area contributed by atoms with E-state index in [1.54, 1.807) is 77.4 Å². The number of ether oxygens (including phenoxy) is 1. The van der Waals surface area contributed by atoms with Gasteiger partial charge in [0.05, 0.1) is 10.6 Å². The quantitative estimate of drug-likeness (QED) is 0.429. The van der Waals surface area contributed by atoms with Gasteiger partial charge in [0.2, 0.25) is 11.8 Å². The maximum absolute atomic E-state index is 13.1. The third kappa shape index (κ3) is 4.07. The molecular weight excluding hydrogens is 480 g/mol. The SMILES string of the molecule is Cc1nc(Oc2ccc(NS(=O)(=O)c3cc4c5c(c3)CCN5C(=O)CC4)cc2)cc(-n2cccn2)n1. The number of carbonyl (C=O) groups is 1. The van der Waals surface area contributed by atoms with Crippen LogP contribution < -0.4 is 14.4 Å². The molecule has 0 saturated heterocycles. The first kappa shape index (κ1) is 22.2. The Balaban J connectivity index is 1.20. The number of sulfonamides is 1. The fourth-order valence-corrected chi connectivity index (χ4v) is 5.77. The van der Waals surface area contributed by atoms with Gasteiger partial charge in [0.1, 0.15) is 11.6 Å². The molecule has 2 aromatic heterocycles. The van der Waals surface area contributed by atoms with Crippen molar-refractivity contribution in [3.63, 3.8) is 0 Å². The summed E-state index contributed by atoms with van der Waals surface area (Å²) in [5.74, 6) is 2.05. The van der Waals surface area contributed by atoms with Gasteiger partial charge in [-0.25, -0.2) is 18.1 Å². The molecule has 1 N–H and O–H groups in total. The summed E-state index contributed by atoms with van der Waals surface area (Å²) >= 11 is 0. The van der Waals surface area contributed by atoms with Gasteiger partial charge in [-0.05, 0) is 73.4 Å². The summed E-state index contributed by atoms with van der Waals surface area (Å²) in [4.78, 5) is 22.8. The normalized spacial score (nSPS) is 14.6. The number of benzene rings is 2. The number of rotatable bonds is 6. The van der Waals surface area contributed by atoms with E-state index >= 15 is 0 Å². The summed E-state index contributed by atoms with van der Waals surface area (Å²) in [5.41, 5.74) is 3.11. The minimum atomic E-state index is -3.81. The number of nitrogens with one attached hydrogen (secondary N) is 1. The van der Waals surface area contributed by atoms with Gasteiger partial charge in [0.15, 0.2) is 5.82 Å². The van der Waals surface area contributed by atoms with Crippen LogP contribution in [0.25, 0.3) is 5.82 Å². The minimum Gasteiger partial charge on any atom is -0.439 e. The lowest BCUT2D eigenvalue weighted by atomic mass is 10.00. The Morgan fingerprint density at radius 2 is 1.78 bits per heavy atom. The Morgan fingerprint density at radius 3 is 2.53 bits per heavy atom. The molecule has 0 unspecified atom stereocenters. The van der Waals surface area contributed by atoms with Crippen molar-refractivity contribution in [1.29, 1.82) is 0 Å². The first-order valence-electron chi connectivity index (χ1n) is 11.5. The summed E-state index contributed by atoms with van der Waals surface area (Å²) in [6.07, 6.45) is 5.05. The van der Waals surface area contributed by atoms with E-state index < -0.39 is 10.0 Å². The summed E-state index contributed by atoms with van der Waals surface area (Å²) in [6.45, 7) is 2.37. The fraction of sp³-hybridized carbons (Fsp3) is 0.200. The molecule has 182 valence electrons. The Morgan fingerprint density at radius 1 is 1.00 bits per heavy atom. The first-order chi connectivity index (χ1) is 17.4. The molecule has 2 aromatic carbocycles. The number of carbonyl (C=O) groups excluding carboxylic acids is 1. The number of aryl methyl sites for hydroxylation is 2. The van der Waals surface area contributed by atoms with Crippen molar-refractivity contribution >= 4 is 27.3 Å². The van der Waals surface area contributed by atoms with Gasteiger partial charge >= 0.3 is 0 Å². The number of nitrogens with zero attached hydrogens (tertiary/aromatic N) is 5. The number of anilines is 2. The molecule has 0 bridgehead atoms. The van der Waals surface area contributed by atoms with Crippen molar-refractivity contribution in [1.82, 2.24) is 19.7 Å². The van der Waals surface area contributed by atoms with Gasteiger partial charge in [-0.15, -0.1) is 0 Å². The van der Waals surface area contributed by atoms with Crippen LogP contribution in [0.15, 0.2) is 65.8 Å². The third-order valence-corrected chi connectivity index (χ3v) is 7.57. The second-order valence-electron chi connectivity index (χ2n) is 8.68. The van der Waals surface area contributed by atoms with Crippen LogP contribution in [-0.2, 0) is 27.7 Å². The average molecular weight is 503 g/mol. The van der Waals surface area contributed by atoms with Crippen molar-refractivity contribution in [2.24, 2.45) is 0 Å². The molecule has 6 rings (SSSR count). The van der Waals surface area contributed by atoms with Gasteiger partial charge in [-0.1, -0.05) is 0 Å². The Labute approximate surface area is 207 Å². The van der Waals surface area contributed by atoms with Crippen LogP contribution in [0.1, 0.15) is 23.4 Å². The second kappa shape index (κ2) is 8.45. The standard InChI is InChI=1S/C25H22N6O4S/c1-16-27-22(31-11-2-10-26-31)15-23(28-16)35-20-6-4-19(5-7-20)29-36(33,34)21-13-17-3-8-24(32)30-12-9-18(14-21)25(17)30/h2,4-7,10-11,13-15,29H,3,8-9,12H2,1H3. The van der Waals surface area contributed by atoms with Crippen LogP contribution in [0.3, 0.4) is 0 Å². The van der Waals surface area contributed by atoms with Crippen LogP contribution in [-0.4, -0.2) is 40.6 Å². The Bertz CT molecular complexity index is 1580. The molecule has 0 atom stereocenters. The molecule has 0 spiro atoms. The number of hydrogen-bond acceptors (Lipinski definition) is 7. The summed E-state index contributed by atoms with van der Waals surface area (Å²) < 4.78 is 36.4. The zero-order valence-corrected chi connectivity index (χ0v) is 20.2. The fourth-order valence-electron chi connectivity index (χ4n) is 4.61. The van der Waals surface area contributed by atoms with E-state index in [0.717, 1.165) is 16.8 Å². The van der Waals surface area contributed by atoms with Gasteiger partial charge in [-0.2, -0.15) is 10.1 Å². The summed E-state index contributed by atoms with van der Waals surface area (Å²) in [6, 6.07) is 13.4. The molecule has 36 heavy (non-hydrogen) atoms. The van der Waals surface area contributed by atoms with E-state index in [1.165, 1.54) is 0 Å². The van der Waals surface area contributed by atoms with E-state index in [-0.39, 0.29) is 10.8 Å². The zero-order chi connectivity index (χ0) is 24.9. The molecule has 4 aromatic rings. The number of hydrogen-bond donors (Lipinski definition) is 1. The van der Waals surface area contributed by atoms with Crippen LogP contribution in [0, 0.1) is 6.92 Å². The van der Waals surface area contributed by atoms with E-state index in [1.807, 2.05) is 0 Å². The molecular formula is C25H22N6O4S. The maximum atomic E-state index is 13.1. The topological polar surface area (TPSA) is 119 Å². The summed E-state index contributed by atoms with van der Waals surface area (Å²) in [5, 5.41) is 4.17. The molecule has 0 saturated carbocycles. The van der Waals surface area contributed by atoms with Gasteiger partial charge in [-0.3, -0.25) is 9.52 Å². The molecule has 11 heteroatoms. The highest BCUT2D eigenvalue weighted by molar-refractivity contribution is 7.92. The molecule has 2 aliphatic heterocycles. The maximum Gasteiger partial charge on any atom is 0.261 e. The zero-order valence-electron chi connectivity index (χ0n) is 19.4. The molecule has 10 nitrogen and oxygen atoms in total. The molecule has 4 heterocycles. The van der Waals surface area contributed by atoms with Crippen LogP contribution in [0.5, 0.6) is 11.6 Å². The Hall–Kier alpha value is -4.25. The average Bonchev–Trinajstić information content (AvgIpc) is 3.54. The van der Waals surface area contributed by atoms with Crippen molar-refractivity contribution in [3.05, 3.63) is 77.9 Å². The number of amides is 1. The summed E-state index contributed by atoms with van der Waals surface area (Å²) in [7, 11) is -3.81. The highest BCUT2D eigenvalue weighted by atomic mass is 32.2. The van der Waals surface area contributed by atoms with Crippen LogP contribution in [0.2, 0.25) is 0 Å². The Kier molecular flexibility index (Phi) is 5.22. The molecule has 1 amide bonds. The lowest BCUT2D eigenvalue weighted by molar-refractivity contribution is -0.118. The molecule has 0 radical (unpaired) electrons. The largest absolute Gasteiger partial charge is 0.439 e. The van der Waals surface area contributed by atoms with E-state index in [2.05, 4.69) is 19.8 Å². The van der Waals surface area contributed by atoms with Crippen molar-refractivity contribution in [3.8, 4) is 17.4 Å². The van der Waals surface area contributed by atoms with Crippen LogP contribution in [0.4, 0.5) is 11.4 Å². The lowest BCUT2D eigenvalue weighted by Crippen LogP contribution is -2.33. The highest BCUT2D eigenvalue weighted by Crippen LogP contribution is 2.38. The first-order valence-corrected chi connectivity index (χ1v) is 13.0. The van der Waals surface area contributed by atoms with Crippen molar-refractivity contribution in [2.75, 3.05) is 16.2 Å². The van der Waals surface area contributed by atoms with E-state index in [4.69, 9.17) is 4.74 Å². The monoisotopic (exact) mass is 502 g/mol. The number of aromatic nitrogens is 4. The van der Waals surface area contributed by atoms with Gasteiger partial charge in [0.25, 0.3) is 10.0 Å². The molecule has 0 fully saturated rings. The van der Waals surface area contributed by atoms with Gasteiger partial charge in [0, 0.05) is 37.1 Å². The second-order valence-corrected chi connectivity index (χ2v) is 10.4. The van der Waals surface area contributed by atoms with Crippen molar-refractivity contribution in [2.45, 2.75) is 31.1 Å². The minimum absolute atomic E-state index is 0.104. The predicted octanol–water partition coefficient (Wildman–Crippen LogP) is 3.40. The van der Waals surface area contributed by atoms with Crippen molar-refractivity contribution < 1.29 is 17.9 Å². The molecule has 0 aliphatic carbocycles. The predicted molar refractivity (Wildman–Crippen MR) is 132 cm³/mol. The smallest absolute Gasteiger partial charge is 0.261 e. The third-order valence-electron chi connectivity index (χ3n) is 6.20. The molecule has 2 aliphatic rings. The highest BCUT2D eigenvalue weighted by Gasteiger charge is 2.33. The van der Waals surface area contributed by atoms with Crippen LogP contribution >= 0.6 is 0 Å². The lowest BCUT2D eigenvalue weighted by Gasteiger charge is -2.25. The van der Waals surface area contributed by atoms with E-state index in [0.29, 0.717) is 54.8 Å².